The van der Waals surface area contributed by atoms with Crippen molar-refractivity contribution in [3.05, 3.63) is 29.3 Å². The van der Waals surface area contributed by atoms with Gasteiger partial charge in [-0.2, -0.15) is 0 Å². The summed E-state index contributed by atoms with van der Waals surface area (Å²) in [6.45, 7) is 4.00. The standard InChI is InChI=1S/C15H21ClN2O2/c1-11-9-12(5-6-17-11)15(19)18-7-8-20-14-4-2-3-13(16)10-14/h2-4,10-12,17H,5-9H2,1H3,(H,18,19)/t11-,12-/m0/s1. The molecule has 1 amide bonds. The van der Waals surface area contributed by atoms with E-state index >= 15 is 0 Å². The van der Waals surface area contributed by atoms with Crippen molar-refractivity contribution in [2.24, 2.45) is 5.92 Å². The van der Waals surface area contributed by atoms with Gasteiger partial charge in [-0.3, -0.25) is 4.79 Å². The summed E-state index contributed by atoms with van der Waals surface area (Å²) in [4.78, 5) is 12.0. The van der Waals surface area contributed by atoms with E-state index in [9.17, 15) is 4.79 Å². The van der Waals surface area contributed by atoms with Crippen LogP contribution in [0, 0.1) is 5.92 Å². The molecular weight excluding hydrogens is 276 g/mol. The minimum absolute atomic E-state index is 0.123. The Labute approximate surface area is 124 Å². The molecule has 1 aromatic rings. The Kier molecular flexibility index (Phi) is 5.68. The Morgan fingerprint density at radius 1 is 1.55 bits per heavy atom. The molecule has 1 aromatic carbocycles. The molecule has 1 fully saturated rings. The molecule has 4 nitrogen and oxygen atoms in total. The number of hydrogen-bond donors (Lipinski definition) is 2. The number of rotatable bonds is 5. The van der Waals surface area contributed by atoms with Crippen molar-refractivity contribution < 1.29 is 9.53 Å². The monoisotopic (exact) mass is 296 g/mol. The maximum atomic E-state index is 12.0. The normalized spacial score (nSPS) is 22.3. The zero-order valence-electron chi connectivity index (χ0n) is 11.7. The van der Waals surface area contributed by atoms with Crippen LogP contribution >= 0.6 is 11.6 Å². The summed E-state index contributed by atoms with van der Waals surface area (Å²) in [6, 6.07) is 7.67. The molecule has 0 bridgehead atoms. The summed E-state index contributed by atoms with van der Waals surface area (Å²) in [5, 5.41) is 6.93. The number of ether oxygens (including phenoxy) is 1. The van der Waals surface area contributed by atoms with Gasteiger partial charge in [0.15, 0.2) is 0 Å². The fraction of sp³-hybridized carbons (Fsp3) is 0.533. The number of carbonyl (C=O) groups excluding carboxylic acids is 1. The molecule has 1 aliphatic heterocycles. The molecule has 5 heteroatoms. The lowest BCUT2D eigenvalue weighted by Gasteiger charge is -2.27. The van der Waals surface area contributed by atoms with Gasteiger partial charge in [-0.1, -0.05) is 17.7 Å². The molecule has 1 saturated heterocycles. The molecule has 0 aromatic heterocycles. The van der Waals surface area contributed by atoms with Crippen LogP contribution in [0.1, 0.15) is 19.8 Å². The van der Waals surface area contributed by atoms with Crippen molar-refractivity contribution in [3.63, 3.8) is 0 Å². The second-order valence-electron chi connectivity index (χ2n) is 5.17. The predicted octanol–water partition coefficient (Wildman–Crippen LogP) is 2.22. The topological polar surface area (TPSA) is 50.4 Å². The van der Waals surface area contributed by atoms with E-state index in [1.807, 2.05) is 12.1 Å². The molecule has 1 heterocycles. The molecule has 20 heavy (non-hydrogen) atoms. The summed E-state index contributed by atoms with van der Waals surface area (Å²) in [5.74, 6) is 0.979. The molecule has 0 unspecified atom stereocenters. The van der Waals surface area contributed by atoms with Gasteiger partial charge in [-0.15, -0.1) is 0 Å². The maximum absolute atomic E-state index is 12.0. The lowest BCUT2D eigenvalue weighted by atomic mass is 9.92. The van der Waals surface area contributed by atoms with Crippen LogP contribution in [0.4, 0.5) is 0 Å². The van der Waals surface area contributed by atoms with Crippen LogP contribution in [0.25, 0.3) is 0 Å². The summed E-state index contributed by atoms with van der Waals surface area (Å²) in [6.07, 6.45) is 1.81. The first-order valence-corrected chi connectivity index (χ1v) is 7.42. The van der Waals surface area contributed by atoms with Crippen LogP contribution in [-0.4, -0.2) is 31.6 Å². The molecule has 0 saturated carbocycles. The minimum atomic E-state index is 0.123. The molecule has 0 aliphatic carbocycles. The predicted molar refractivity (Wildman–Crippen MR) is 80.1 cm³/mol. The van der Waals surface area contributed by atoms with E-state index in [1.165, 1.54) is 0 Å². The van der Waals surface area contributed by atoms with Gasteiger partial charge in [0.1, 0.15) is 12.4 Å². The van der Waals surface area contributed by atoms with Crippen LogP contribution in [0.15, 0.2) is 24.3 Å². The zero-order chi connectivity index (χ0) is 14.4. The van der Waals surface area contributed by atoms with Crippen molar-refractivity contribution in [2.45, 2.75) is 25.8 Å². The minimum Gasteiger partial charge on any atom is -0.492 e. The second-order valence-corrected chi connectivity index (χ2v) is 5.61. The Morgan fingerprint density at radius 2 is 2.40 bits per heavy atom. The van der Waals surface area contributed by atoms with E-state index in [2.05, 4.69) is 17.6 Å². The molecule has 1 aliphatic rings. The van der Waals surface area contributed by atoms with Crippen LogP contribution in [0.5, 0.6) is 5.75 Å². The van der Waals surface area contributed by atoms with E-state index < -0.39 is 0 Å². The van der Waals surface area contributed by atoms with E-state index in [-0.39, 0.29) is 11.8 Å². The van der Waals surface area contributed by atoms with Crippen LogP contribution in [0.2, 0.25) is 5.02 Å². The summed E-state index contributed by atoms with van der Waals surface area (Å²) in [7, 11) is 0. The lowest BCUT2D eigenvalue weighted by Crippen LogP contribution is -2.43. The number of hydrogen-bond acceptors (Lipinski definition) is 3. The third-order valence-corrected chi connectivity index (χ3v) is 3.70. The largest absolute Gasteiger partial charge is 0.492 e. The third-order valence-electron chi connectivity index (χ3n) is 3.46. The number of piperidine rings is 1. The third kappa shape index (κ3) is 4.69. The Balaban J connectivity index is 1.66. The highest BCUT2D eigenvalue weighted by atomic mass is 35.5. The molecule has 0 spiro atoms. The van der Waals surface area contributed by atoms with Gasteiger partial charge in [0.05, 0.1) is 6.54 Å². The molecule has 110 valence electrons. The summed E-state index contributed by atoms with van der Waals surface area (Å²) in [5.41, 5.74) is 0. The van der Waals surface area contributed by atoms with Gasteiger partial charge in [0.25, 0.3) is 0 Å². The van der Waals surface area contributed by atoms with E-state index in [1.54, 1.807) is 12.1 Å². The first-order valence-electron chi connectivity index (χ1n) is 7.04. The molecule has 2 atom stereocenters. The molecular formula is C15H21ClN2O2. The fourth-order valence-corrected chi connectivity index (χ4v) is 2.59. The van der Waals surface area contributed by atoms with Gasteiger partial charge in [-0.25, -0.2) is 0 Å². The highest BCUT2D eigenvalue weighted by molar-refractivity contribution is 6.30. The Bertz CT molecular complexity index is 453. The quantitative estimate of drug-likeness (QED) is 0.819. The SMILES string of the molecule is C[C@H]1C[C@@H](C(=O)NCCOc2cccc(Cl)c2)CCN1. The molecule has 2 N–H and O–H groups in total. The number of benzene rings is 1. The van der Waals surface area contributed by atoms with Crippen molar-refractivity contribution in [2.75, 3.05) is 19.7 Å². The number of halogens is 1. The second kappa shape index (κ2) is 7.50. The first kappa shape index (κ1) is 15.1. The Morgan fingerprint density at radius 3 is 3.15 bits per heavy atom. The van der Waals surface area contributed by atoms with Gasteiger partial charge in [-0.05, 0) is 44.5 Å². The first-order chi connectivity index (χ1) is 9.65. The maximum Gasteiger partial charge on any atom is 0.223 e. The summed E-state index contributed by atoms with van der Waals surface area (Å²) >= 11 is 5.87. The molecule has 0 radical (unpaired) electrons. The van der Waals surface area contributed by atoms with Crippen molar-refractivity contribution >= 4 is 17.5 Å². The van der Waals surface area contributed by atoms with Crippen LogP contribution in [-0.2, 0) is 4.79 Å². The lowest BCUT2D eigenvalue weighted by molar-refractivity contribution is -0.126. The van der Waals surface area contributed by atoms with Gasteiger partial charge >= 0.3 is 0 Å². The number of carbonyl (C=O) groups is 1. The number of amides is 1. The highest BCUT2D eigenvalue weighted by Crippen LogP contribution is 2.17. The van der Waals surface area contributed by atoms with Crippen molar-refractivity contribution in [3.8, 4) is 5.75 Å². The number of nitrogens with one attached hydrogen (secondary N) is 2. The van der Waals surface area contributed by atoms with Gasteiger partial charge < -0.3 is 15.4 Å². The average molecular weight is 297 g/mol. The van der Waals surface area contributed by atoms with E-state index in [0.717, 1.165) is 25.1 Å². The Hall–Kier alpha value is -1.26. The van der Waals surface area contributed by atoms with E-state index in [4.69, 9.17) is 16.3 Å². The molecule has 2 rings (SSSR count). The average Bonchev–Trinajstić information content (AvgIpc) is 2.43. The fourth-order valence-electron chi connectivity index (χ4n) is 2.41. The summed E-state index contributed by atoms with van der Waals surface area (Å²) < 4.78 is 5.53. The van der Waals surface area contributed by atoms with Gasteiger partial charge in [0, 0.05) is 17.0 Å². The zero-order valence-corrected chi connectivity index (χ0v) is 12.5. The van der Waals surface area contributed by atoms with Crippen LogP contribution in [0.3, 0.4) is 0 Å². The van der Waals surface area contributed by atoms with Gasteiger partial charge in [0.2, 0.25) is 5.91 Å². The van der Waals surface area contributed by atoms with Crippen LogP contribution < -0.4 is 15.4 Å². The van der Waals surface area contributed by atoms with Crippen molar-refractivity contribution in [1.82, 2.24) is 10.6 Å². The van der Waals surface area contributed by atoms with Crippen molar-refractivity contribution in [1.29, 1.82) is 0 Å². The van der Waals surface area contributed by atoms with E-state index in [0.29, 0.717) is 24.2 Å². The highest BCUT2D eigenvalue weighted by Gasteiger charge is 2.24. The smallest absolute Gasteiger partial charge is 0.223 e.